The minimum atomic E-state index is -4.40. The Morgan fingerprint density at radius 1 is 0.828 bits per heavy atom. The predicted molar refractivity (Wildman–Crippen MR) is 105 cm³/mol. The number of ether oxygens (including phenoxy) is 1. The SMILES string of the molecule is FC(F)(F)c1cccc(Oc2ccc(CNc3ncnc4ccccc34)cc2)c1. The van der Waals surface area contributed by atoms with Gasteiger partial charge in [-0.15, -0.1) is 0 Å². The van der Waals surface area contributed by atoms with Gasteiger partial charge in [-0.05, 0) is 48.0 Å². The van der Waals surface area contributed by atoms with Crippen molar-refractivity contribution in [1.29, 1.82) is 0 Å². The Morgan fingerprint density at radius 2 is 1.62 bits per heavy atom. The van der Waals surface area contributed by atoms with Gasteiger partial charge in [-0.25, -0.2) is 9.97 Å². The number of nitrogens with zero attached hydrogens (tertiary/aromatic N) is 2. The molecule has 0 saturated heterocycles. The molecule has 0 spiro atoms. The first kappa shape index (κ1) is 18.7. The van der Waals surface area contributed by atoms with Crippen molar-refractivity contribution in [2.75, 3.05) is 5.32 Å². The van der Waals surface area contributed by atoms with Gasteiger partial charge in [0, 0.05) is 11.9 Å². The number of rotatable bonds is 5. The molecule has 0 amide bonds. The molecule has 1 N–H and O–H groups in total. The lowest BCUT2D eigenvalue weighted by molar-refractivity contribution is -0.137. The second-order valence-electron chi connectivity index (χ2n) is 6.36. The smallest absolute Gasteiger partial charge is 0.416 e. The van der Waals surface area contributed by atoms with E-state index in [-0.39, 0.29) is 5.75 Å². The van der Waals surface area contributed by atoms with Gasteiger partial charge >= 0.3 is 6.18 Å². The molecule has 7 heteroatoms. The van der Waals surface area contributed by atoms with Crippen molar-refractivity contribution in [3.8, 4) is 11.5 Å². The van der Waals surface area contributed by atoms with Crippen molar-refractivity contribution < 1.29 is 17.9 Å². The lowest BCUT2D eigenvalue weighted by atomic mass is 10.2. The van der Waals surface area contributed by atoms with Crippen LogP contribution in [0.2, 0.25) is 0 Å². The first-order chi connectivity index (χ1) is 14.0. The van der Waals surface area contributed by atoms with Crippen molar-refractivity contribution in [3.05, 3.63) is 90.3 Å². The third-order valence-corrected chi connectivity index (χ3v) is 4.32. The summed E-state index contributed by atoms with van der Waals surface area (Å²) in [6, 6.07) is 19.6. The van der Waals surface area contributed by atoms with Crippen LogP contribution in [0.3, 0.4) is 0 Å². The number of alkyl halides is 3. The standard InChI is InChI=1S/C22H16F3N3O/c23-22(24,25)16-4-3-5-18(12-16)29-17-10-8-15(9-11-17)13-26-21-19-6-1-2-7-20(19)27-14-28-21/h1-12,14H,13H2,(H,26,27,28). The van der Waals surface area contributed by atoms with Gasteiger partial charge in [-0.3, -0.25) is 0 Å². The Balaban J connectivity index is 1.43. The first-order valence-electron chi connectivity index (χ1n) is 8.87. The van der Waals surface area contributed by atoms with Crippen LogP contribution < -0.4 is 10.1 Å². The third kappa shape index (κ3) is 4.45. The average Bonchev–Trinajstić information content (AvgIpc) is 2.73. The van der Waals surface area contributed by atoms with Crippen molar-refractivity contribution in [2.45, 2.75) is 12.7 Å². The number of fused-ring (bicyclic) bond motifs is 1. The van der Waals surface area contributed by atoms with Gasteiger partial charge in [0.25, 0.3) is 0 Å². The van der Waals surface area contributed by atoms with E-state index >= 15 is 0 Å². The highest BCUT2D eigenvalue weighted by Crippen LogP contribution is 2.32. The molecular formula is C22H16F3N3O. The van der Waals surface area contributed by atoms with E-state index in [1.54, 1.807) is 12.1 Å². The van der Waals surface area contributed by atoms with Crippen LogP contribution in [0.4, 0.5) is 19.0 Å². The molecule has 3 aromatic carbocycles. The monoisotopic (exact) mass is 395 g/mol. The molecule has 0 fully saturated rings. The molecular weight excluding hydrogens is 379 g/mol. The van der Waals surface area contributed by atoms with Crippen molar-refractivity contribution in [3.63, 3.8) is 0 Å². The molecule has 4 aromatic rings. The first-order valence-corrected chi connectivity index (χ1v) is 8.87. The van der Waals surface area contributed by atoms with Crippen molar-refractivity contribution in [1.82, 2.24) is 9.97 Å². The lowest BCUT2D eigenvalue weighted by Gasteiger charge is -2.11. The minimum absolute atomic E-state index is 0.137. The highest BCUT2D eigenvalue weighted by Gasteiger charge is 2.30. The normalized spacial score (nSPS) is 11.4. The molecule has 1 heterocycles. The summed E-state index contributed by atoms with van der Waals surface area (Å²) in [5.74, 6) is 1.33. The van der Waals surface area contributed by atoms with E-state index in [2.05, 4.69) is 15.3 Å². The molecule has 0 aliphatic heterocycles. The maximum Gasteiger partial charge on any atom is 0.416 e. The van der Waals surface area contributed by atoms with Gasteiger partial charge in [-0.1, -0.05) is 30.3 Å². The van der Waals surface area contributed by atoms with E-state index in [9.17, 15) is 13.2 Å². The summed E-state index contributed by atoms with van der Waals surface area (Å²) in [6.07, 6.45) is -2.89. The number of benzene rings is 3. The zero-order chi connectivity index (χ0) is 20.3. The molecule has 0 aliphatic rings. The highest BCUT2D eigenvalue weighted by molar-refractivity contribution is 5.88. The van der Waals surface area contributed by atoms with Gasteiger partial charge in [-0.2, -0.15) is 13.2 Å². The maximum absolute atomic E-state index is 12.8. The summed E-state index contributed by atoms with van der Waals surface area (Å²) < 4.78 is 44.0. The molecule has 0 aliphatic carbocycles. The third-order valence-electron chi connectivity index (χ3n) is 4.32. The van der Waals surface area contributed by atoms with E-state index in [4.69, 9.17) is 4.74 Å². The van der Waals surface area contributed by atoms with E-state index < -0.39 is 11.7 Å². The van der Waals surface area contributed by atoms with Crippen LogP contribution in [-0.2, 0) is 12.7 Å². The van der Waals surface area contributed by atoms with Gasteiger partial charge in [0.05, 0.1) is 11.1 Å². The second-order valence-corrected chi connectivity index (χ2v) is 6.36. The molecule has 146 valence electrons. The van der Waals surface area contributed by atoms with Gasteiger partial charge in [0.1, 0.15) is 23.6 Å². The van der Waals surface area contributed by atoms with Gasteiger partial charge in [0.2, 0.25) is 0 Å². The quantitative estimate of drug-likeness (QED) is 0.447. The zero-order valence-corrected chi connectivity index (χ0v) is 15.1. The molecule has 0 unspecified atom stereocenters. The molecule has 0 radical (unpaired) electrons. The Kier molecular flexibility index (Phi) is 5.03. The number of nitrogens with one attached hydrogen (secondary N) is 1. The molecule has 4 rings (SSSR count). The maximum atomic E-state index is 12.8. The number of para-hydroxylation sites is 1. The van der Waals surface area contributed by atoms with E-state index in [0.29, 0.717) is 12.3 Å². The topological polar surface area (TPSA) is 47.0 Å². The summed E-state index contributed by atoms with van der Waals surface area (Å²) in [7, 11) is 0. The molecule has 0 bridgehead atoms. The lowest BCUT2D eigenvalue weighted by Crippen LogP contribution is -2.04. The van der Waals surface area contributed by atoms with Crippen LogP contribution in [0.1, 0.15) is 11.1 Å². The van der Waals surface area contributed by atoms with Crippen LogP contribution in [0.25, 0.3) is 10.9 Å². The number of hydrogen-bond acceptors (Lipinski definition) is 4. The summed E-state index contributed by atoms with van der Waals surface area (Å²) in [6.45, 7) is 0.533. The van der Waals surface area contributed by atoms with Crippen LogP contribution in [0, 0.1) is 0 Å². The molecule has 0 saturated carbocycles. The largest absolute Gasteiger partial charge is 0.457 e. The fraction of sp³-hybridized carbons (Fsp3) is 0.0909. The number of hydrogen-bond donors (Lipinski definition) is 1. The molecule has 4 nitrogen and oxygen atoms in total. The summed E-state index contributed by atoms with van der Waals surface area (Å²) in [5, 5.41) is 4.21. The summed E-state index contributed by atoms with van der Waals surface area (Å²) >= 11 is 0. The van der Waals surface area contributed by atoms with E-state index in [0.717, 1.165) is 34.4 Å². The van der Waals surface area contributed by atoms with Crippen molar-refractivity contribution >= 4 is 16.7 Å². The van der Waals surface area contributed by atoms with Crippen LogP contribution in [-0.4, -0.2) is 9.97 Å². The number of aromatic nitrogens is 2. The predicted octanol–water partition coefficient (Wildman–Crippen LogP) is 6.05. The molecule has 29 heavy (non-hydrogen) atoms. The van der Waals surface area contributed by atoms with Crippen LogP contribution >= 0.6 is 0 Å². The minimum Gasteiger partial charge on any atom is -0.457 e. The summed E-state index contributed by atoms with van der Waals surface area (Å²) in [4.78, 5) is 8.52. The fourth-order valence-electron chi connectivity index (χ4n) is 2.88. The zero-order valence-electron chi connectivity index (χ0n) is 15.1. The Hall–Kier alpha value is -3.61. The highest BCUT2D eigenvalue weighted by atomic mass is 19.4. The van der Waals surface area contributed by atoms with E-state index in [1.807, 2.05) is 36.4 Å². The number of anilines is 1. The van der Waals surface area contributed by atoms with E-state index in [1.165, 1.54) is 18.5 Å². The summed E-state index contributed by atoms with van der Waals surface area (Å²) in [5.41, 5.74) is 1.09. The van der Waals surface area contributed by atoms with Crippen molar-refractivity contribution in [2.24, 2.45) is 0 Å². The van der Waals surface area contributed by atoms with Crippen LogP contribution in [0.5, 0.6) is 11.5 Å². The second kappa shape index (κ2) is 7.79. The Bertz CT molecular complexity index is 1120. The molecule has 0 atom stereocenters. The average molecular weight is 395 g/mol. The fourth-order valence-corrected chi connectivity index (χ4v) is 2.88. The number of halogens is 3. The Labute approximate surface area is 165 Å². The molecule has 1 aromatic heterocycles. The van der Waals surface area contributed by atoms with Crippen LogP contribution in [0.15, 0.2) is 79.1 Å². The Morgan fingerprint density at radius 3 is 2.41 bits per heavy atom. The van der Waals surface area contributed by atoms with Gasteiger partial charge < -0.3 is 10.1 Å². The van der Waals surface area contributed by atoms with Gasteiger partial charge in [0.15, 0.2) is 0 Å².